The van der Waals surface area contributed by atoms with Gasteiger partial charge in [-0.1, -0.05) is 0 Å². The molecule has 3 rings (SSSR count). The molecular formula is C20H27N5O3. The number of nitrogens with one attached hydrogen (secondary N) is 1. The van der Waals surface area contributed by atoms with Gasteiger partial charge in [-0.25, -0.2) is 14.8 Å². The van der Waals surface area contributed by atoms with Gasteiger partial charge >= 0.3 is 5.97 Å². The highest BCUT2D eigenvalue weighted by atomic mass is 16.5. The average Bonchev–Trinajstić information content (AvgIpc) is 3.02. The van der Waals surface area contributed by atoms with Crippen LogP contribution in [-0.4, -0.2) is 70.4 Å². The summed E-state index contributed by atoms with van der Waals surface area (Å²) in [6, 6.07) is 1.51. The van der Waals surface area contributed by atoms with Crippen LogP contribution >= 0.6 is 0 Å². The normalized spacial score (nSPS) is 16.1. The van der Waals surface area contributed by atoms with Crippen LogP contribution in [0.1, 0.15) is 46.0 Å². The molecule has 1 fully saturated rings. The van der Waals surface area contributed by atoms with Crippen molar-refractivity contribution in [3.63, 3.8) is 0 Å². The lowest BCUT2D eigenvalue weighted by Crippen LogP contribution is -2.52. The fourth-order valence-corrected chi connectivity index (χ4v) is 3.64. The summed E-state index contributed by atoms with van der Waals surface area (Å²) in [5, 5.41) is 0. The zero-order valence-corrected chi connectivity index (χ0v) is 16.9. The highest BCUT2D eigenvalue weighted by Crippen LogP contribution is 2.22. The summed E-state index contributed by atoms with van der Waals surface area (Å²) in [5.74, 6) is 0.313. The van der Waals surface area contributed by atoms with E-state index in [4.69, 9.17) is 4.74 Å². The quantitative estimate of drug-likeness (QED) is 0.600. The van der Waals surface area contributed by atoms with Crippen molar-refractivity contribution >= 4 is 17.7 Å². The average molecular weight is 385 g/mol. The number of hydrogen-bond donors (Lipinski definition) is 1. The van der Waals surface area contributed by atoms with Crippen molar-refractivity contribution in [1.82, 2.24) is 19.9 Å². The third-order valence-corrected chi connectivity index (χ3v) is 5.24. The van der Waals surface area contributed by atoms with Crippen LogP contribution in [-0.2, 0) is 4.74 Å². The van der Waals surface area contributed by atoms with Crippen molar-refractivity contribution in [2.24, 2.45) is 0 Å². The molecule has 0 amide bonds. The lowest BCUT2D eigenvalue weighted by molar-refractivity contribution is 0.0525. The first-order valence-electron chi connectivity index (χ1n) is 9.60. The molecule has 0 unspecified atom stereocenters. The zero-order chi connectivity index (χ0) is 20.3. The number of esters is 1. The minimum Gasteiger partial charge on any atom is -0.462 e. The van der Waals surface area contributed by atoms with Gasteiger partial charge in [-0.2, -0.15) is 0 Å². The van der Waals surface area contributed by atoms with Crippen molar-refractivity contribution in [2.45, 2.75) is 33.7 Å². The van der Waals surface area contributed by atoms with Crippen molar-refractivity contribution in [3.8, 4) is 0 Å². The van der Waals surface area contributed by atoms with E-state index in [1.807, 2.05) is 6.92 Å². The van der Waals surface area contributed by atoms with Crippen LogP contribution in [0.4, 0.5) is 5.95 Å². The summed E-state index contributed by atoms with van der Waals surface area (Å²) in [5.41, 5.74) is 2.27. The number of aromatic amines is 1. The largest absolute Gasteiger partial charge is 0.462 e. The molecular weight excluding hydrogens is 358 g/mol. The molecule has 1 N–H and O–H groups in total. The van der Waals surface area contributed by atoms with Crippen molar-refractivity contribution in [1.29, 1.82) is 0 Å². The SMILES string of the molecule is CCOC(=O)c1c(C)[nH]c(C(=O)[C@@H](C)N2CCN(c3ncccn3)CC2)c1C. The number of carbonyl (C=O) groups excluding carboxylic acids is 2. The summed E-state index contributed by atoms with van der Waals surface area (Å²) in [4.78, 5) is 41.2. The number of carbonyl (C=O) groups is 2. The number of hydrogen-bond acceptors (Lipinski definition) is 7. The number of piperazine rings is 1. The van der Waals surface area contributed by atoms with Gasteiger partial charge in [0.15, 0.2) is 5.78 Å². The number of Topliss-reactive ketones (excluding diaryl/α,β-unsaturated/α-hetero) is 1. The van der Waals surface area contributed by atoms with Gasteiger partial charge in [0.2, 0.25) is 5.95 Å². The maximum absolute atomic E-state index is 13.1. The van der Waals surface area contributed by atoms with E-state index in [1.165, 1.54) is 0 Å². The topological polar surface area (TPSA) is 91.4 Å². The summed E-state index contributed by atoms with van der Waals surface area (Å²) >= 11 is 0. The smallest absolute Gasteiger partial charge is 0.340 e. The zero-order valence-electron chi connectivity index (χ0n) is 16.9. The van der Waals surface area contributed by atoms with Crippen molar-refractivity contribution in [2.75, 3.05) is 37.7 Å². The molecule has 1 atom stereocenters. The van der Waals surface area contributed by atoms with E-state index in [9.17, 15) is 9.59 Å². The van der Waals surface area contributed by atoms with E-state index < -0.39 is 5.97 Å². The number of rotatable bonds is 6. The second kappa shape index (κ2) is 8.52. The number of H-pyrrole nitrogens is 1. The summed E-state index contributed by atoms with van der Waals surface area (Å²) in [6.45, 7) is 10.6. The number of anilines is 1. The Morgan fingerprint density at radius 1 is 1.18 bits per heavy atom. The van der Waals surface area contributed by atoms with E-state index in [1.54, 1.807) is 39.2 Å². The number of aryl methyl sites for hydroxylation is 1. The van der Waals surface area contributed by atoms with Crippen LogP contribution in [0.3, 0.4) is 0 Å². The molecule has 2 aromatic rings. The van der Waals surface area contributed by atoms with E-state index in [0.29, 0.717) is 29.1 Å². The van der Waals surface area contributed by atoms with E-state index in [0.717, 1.165) is 32.1 Å². The van der Waals surface area contributed by atoms with E-state index in [-0.39, 0.29) is 11.8 Å². The van der Waals surface area contributed by atoms with Gasteiger partial charge in [-0.3, -0.25) is 9.69 Å². The molecule has 1 aliphatic rings. The van der Waals surface area contributed by atoms with Crippen molar-refractivity contribution < 1.29 is 14.3 Å². The van der Waals surface area contributed by atoms with Crippen LogP contribution in [0.15, 0.2) is 18.5 Å². The Hall–Kier alpha value is -2.74. The third-order valence-electron chi connectivity index (χ3n) is 5.24. The van der Waals surface area contributed by atoms with Gasteiger partial charge in [0.1, 0.15) is 0 Å². The predicted octanol–water partition coefficient (Wildman–Crippen LogP) is 1.99. The van der Waals surface area contributed by atoms with E-state index >= 15 is 0 Å². The molecule has 0 saturated carbocycles. The molecule has 3 heterocycles. The third kappa shape index (κ3) is 3.91. The first-order valence-corrected chi connectivity index (χ1v) is 9.60. The molecule has 28 heavy (non-hydrogen) atoms. The fourth-order valence-electron chi connectivity index (χ4n) is 3.64. The van der Waals surface area contributed by atoms with Crippen LogP contribution in [0, 0.1) is 13.8 Å². The summed E-state index contributed by atoms with van der Waals surface area (Å²) < 4.78 is 5.12. The van der Waals surface area contributed by atoms with Gasteiger partial charge in [0.05, 0.1) is 23.9 Å². The first-order chi connectivity index (χ1) is 13.4. The molecule has 8 heteroatoms. The second-order valence-electron chi connectivity index (χ2n) is 6.96. The van der Waals surface area contributed by atoms with Gasteiger partial charge < -0.3 is 14.6 Å². The molecule has 1 saturated heterocycles. The molecule has 0 spiro atoms. The highest BCUT2D eigenvalue weighted by molar-refractivity contribution is 6.03. The number of aromatic nitrogens is 3. The maximum Gasteiger partial charge on any atom is 0.340 e. The van der Waals surface area contributed by atoms with E-state index in [2.05, 4.69) is 24.8 Å². The summed E-state index contributed by atoms with van der Waals surface area (Å²) in [7, 11) is 0. The summed E-state index contributed by atoms with van der Waals surface area (Å²) in [6.07, 6.45) is 3.47. The molecule has 0 bridgehead atoms. The first kappa shape index (κ1) is 20.0. The second-order valence-corrected chi connectivity index (χ2v) is 6.96. The van der Waals surface area contributed by atoms with Crippen LogP contribution < -0.4 is 4.90 Å². The molecule has 0 aromatic carbocycles. The number of ether oxygens (including phenoxy) is 1. The molecule has 1 aliphatic heterocycles. The minimum atomic E-state index is -0.392. The molecule has 2 aromatic heterocycles. The Bertz CT molecular complexity index is 841. The Balaban J connectivity index is 1.69. The monoisotopic (exact) mass is 385 g/mol. The fraction of sp³-hybridized carbons (Fsp3) is 0.500. The van der Waals surface area contributed by atoms with Crippen LogP contribution in [0.5, 0.6) is 0 Å². The lowest BCUT2D eigenvalue weighted by atomic mass is 10.0. The Morgan fingerprint density at radius 3 is 2.43 bits per heavy atom. The molecule has 8 nitrogen and oxygen atoms in total. The van der Waals surface area contributed by atoms with Crippen LogP contribution in [0.2, 0.25) is 0 Å². The van der Waals surface area contributed by atoms with Gasteiger partial charge in [-0.15, -0.1) is 0 Å². The Morgan fingerprint density at radius 2 is 1.82 bits per heavy atom. The molecule has 0 aliphatic carbocycles. The maximum atomic E-state index is 13.1. The highest BCUT2D eigenvalue weighted by Gasteiger charge is 2.30. The Kier molecular flexibility index (Phi) is 6.08. The van der Waals surface area contributed by atoms with Gasteiger partial charge in [0, 0.05) is 44.3 Å². The van der Waals surface area contributed by atoms with Gasteiger partial charge in [-0.05, 0) is 39.3 Å². The van der Waals surface area contributed by atoms with Crippen LogP contribution in [0.25, 0.3) is 0 Å². The molecule has 150 valence electrons. The van der Waals surface area contributed by atoms with Gasteiger partial charge in [0.25, 0.3) is 0 Å². The predicted molar refractivity (Wildman–Crippen MR) is 106 cm³/mol. The van der Waals surface area contributed by atoms with Crippen molar-refractivity contribution in [3.05, 3.63) is 41.0 Å². The minimum absolute atomic E-state index is 0.0134. The standard InChI is InChI=1S/C20H27N5O3/c1-5-28-19(27)16-13(2)17(23-14(16)3)18(26)15(4)24-9-11-25(12-10-24)20-21-7-6-8-22-20/h6-8,15,23H,5,9-12H2,1-4H3/t15-/m1/s1. The molecule has 0 radical (unpaired) electrons. The lowest BCUT2D eigenvalue weighted by Gasteiger charge is -2.37. The number of ketones is 1. The Labute approximate surface area is 164 Å². The number of nitrogens with zero attached hydrogens (tertiary/aromatic N) is 4.